The summed E-state index contributed by atoms with van der Waals surface area (Å²) >= 11 is 0. The van der Waals surface area contributed by atoms with E-state index in [4.69, 9.17) is 5.11 Å². The first-order chi connectivity index (χ1) is 10.5. The second-order valence-corrected chi connectivity index (χ2v) is 6.12. The molecule has 3 rings (SSSR count). The lowest BCUT2D eigenvalue weighted by molar-refractivity contribution is -0.141. The van der Waals surface area contributed by atoms with Gasteiger partial charge in [-0.15, -0.1) is 0 Å². The van der Waals surface area contributed by atoms with Crippen molar-refractivity contribution < 1.29 is 9.90 Å². The number of carboxylic acid groups (broad SMARTS) is 1. The molecule has 2 aromatic rings. The summed E-state index contributed by atoms with van der Waals surface area (Å²) in [4.78, 5) is 20.3. The van der Waals surface area contributed by atoms with Crippen LogP contribution < -0.4 is 0 Å². The number of aryl methyl sites for hydroxylation is 2. The lowest BCUT2D eigenvalue weighted by Crippen LogP contribution is -2.11. The number of aromatic nitrogens is 4. The molecule has 1 aliphatic carbocycles. The number of nitrogens with one attached hydrogen (secondary N) is 1. The van der Waals surface area contributed by atoms with E-state index in [1.165, 1.54) is 0 Å². The molecule has 116 valence electrons. The molecule has 2 unspecified atom stereocenters. The molecule has 6 heteroatoms. The zero-order chi connectivity index (χ0) is 15.7. The standard InChI is InChI=1S/C16H20N4O2/c1-9-5-13(8-14-6-10(2)19-20-14)18-15(17-9)11-3-4-12(7-11)16(21)22/h5-6,11-12H,3-4,7-8H2,1-2H3,(H,19,20)(H,21,22). The maximum absolute atomic E-state index is 11.1. The van der Waals surface area contributed by atoms with Crippen LogP contribution >= 0.6 is 0 Å². The van der Waals surface area contributed by atoms with Crippen molar-refractivity contribution in [3.63, 3.8) is 0 Å². The Labute approximate surface area is 129 Å². The number of aromatic amines is 1. The van der Waals surface area contributed by atoms with E-state index in [2.05, 4.69) is 20.2 Å². The minimum Gasteiger partial charge on any atom is -0.481 e. The molecule has 1 aliphatic rings. The van der Waals surface area contributed by atoms with Crippen molar-refractivity contribution in [1.82, 2.24) is 20.2 Å². The van der Waals surface area contributed by atoms with Crippen LogP contribution in [0.2, 0.25) is 0 Å². The second kappa shape index (κ2) is 5.87. The van der Waals surface area contributed by atoms with Gasteiger partial charge in [0.25, 0.3) is 0 Å². The van der Waals surface area contributed by atoms with E-state index in [0.29, 0.717) is 19.3 Å². The third kappa shape index (κ3) is 3.16. The Kier molecular flexibility index (Phi) is 3.92. The first-order valence-corrected chi connectivity index (χ1v) is 7.59. The molecule has 6 nitrogen and oxygen atoms in total. The van der Waals surface area contributed by atoms with Crippen molar-refractivity contribution in [1.29, 1.82) is 0 Å². The fourth-order valence-electron chi connectivity index (χ4n) is 3.12. The summed E-state index contributed by atoms with van der Waals surface area (Å²) in [6.07, 6.45) is 2.86. The molecule has 2 heterocycles. The zero-order valence-electron chi connectivity index (χ0n) is 12.8. The number of rotatable bonds is 4. The van der Waals surface area contributed by atoms with Gasteiger partial charge in [-0.05, 0) is 45.2 Å². The van der Waals surface area contributed by atoms with E-state index in [0.717, 1.165) is 35.0 Å². The summed E-state index contributed by atoms with van der Waals surface area (Å²) in [5.41, 5.74) is 3.84. The summed E-state index contributed by atoms with van der Waals surface area (Å²) in [6.45, 7) is 3.92. The number of carbonyl (C=O) groups is 1. The lowest BCUT2D eigenvalue weighted by Gasteiger charge is -2.11. The molecular weight excluding hydrogens is 280 g/mol. The number of carboxylic acids is 1. The normalized spacial score (nSPS) is 21.2. The van der Waals surface area contributed by atoms with Gasteiger partial charge in [-0.25, -0.2) is 9.97 Å². The highest BCUT2D eigenvalue weighted by atomic mass is 16.4. The van der Waals surface area contributed by atoms with Crippen molar-refractivity contribution in [2.24, 2.45) is 5.92 Å². The summed E-state index contributed by atoms with van der Waals surface area (Å²) in [6, 6.07) is 3.98. The highest BCUT2D eigenvalue weighted by molar-refractivity contribution is 5.70. The second-order valence-electron chi connectivity index (χ2n) is 6.12. The summed E-state index contributed by atoms with van der Waals surface area (Å²) in [5, 5.41) is 16.3. The Morgan fingerprint density at radius 1 is 1.27 bits per heavy atom. The quantitative estimate of drug-likeness (QED) is 0.904. The number of aliphatic carboxylic acids is 1. The predicted molar refractivity (Wildman–Crippen MR) is 80.6 cm³/mol. The fourth-order valence-corrected chi connectivity index (χ4v) is 3.12. The number of hydrogen-bond donors (Lipinski definition) is 2. The number of nitrogens with zero attached hydrogens (tertiary/aromatic N) is 3. The van der Waals surface area contributed by atoms with Gasteiger partial charge in [0.1, 0.15) is 5.82 Å². The first-order valence-electron chi connectivity index (χ1n) is 7.59. The van der Waals surface area contributed by atoms with Crippen molar-refractivity contribution in [2.45, 2.75) is 45.4 Å². The molecule has 0 bridgehead atoms. The van der Waals surface area contributed by atoms with Crippen LogP contribution in [0.4, 0.5) is 0 Å². The van der Waals surface area contributed by atoms with Gasteiger partial charge in [-0.3, -0.25) is 9.89 Å². The lowest BCUT2D eigenvalue weighted by atomic mass is 10.0. The minimum atomic E-state index is -0.706. The van der Waals surface area contributed by atoms with E-state index in [-0.39, 0.29) is 11.8 Å². The molecular formula is C16H20N4O2. The largest absolute Gasteiger partial charge is 0.481 e. The van der Waals surface area contributed by atoms with Crippen molar-refractivity contribution in [2.75, 3.05) is 0 Å². The maximum atomic E-state index is 11.1. The van der Waals surface area contributed by atoms with E-state index >= 15 is 0 Å². The van der Waals surface area contributed by atoms with Gasteiger partial charge in [-0.2, -0.15) is 5.10 Å². The average Bonchev–Trinajstić information content (AvgIpc) is 3.07. The van der Waals surface area contributed by atoms with Gasteiger partial charge in [0, 0.05) is 23.7 Å². The van der Waals surface area contributed by atoms with Crippen LogP contribution in [-0.2, 0) is 11.2 Å². The summed E-state index contributed by atoms with van der Waals surface area (Å²) < 4.78 is 0. The van der Waals surface area contributed by atoms with E-state index in [1.807, 2.05) is 26.0 Å². The molecule has 0 amide bonds. The van der Waals surface area contributed by atoms with Crippen LogP contribution in [0.5, 0.6) is 0 Å². The van der Waals surface area contributed by atoms with Gasteiger partial charge < -0.3 is 5.11 Å². The Balaban J connectivity index is 1.79. The van der Waals surface area contributed by atoms with Crippen molar-refractivity contribution >= 4 is 5.97 Å². The monoisotopic (exact) mass is 300 g/mol. The smallest absolute Gasteiger partial charge is 0.306 e. The van der Waals surface area contributed by atoms with Crippen LogP contribution in [0.3, 0.4) is 0 Å². The average molecular weight is 300 g/mol. The number of hydrogen-bond acceptors (Lipinski definition) is 4. The van der Waals surface area contributed by atoms with Crippen LogP contribution in [-0.4, -0.2) is 31.2 Å². The molecule has 0 saturated heterocycles. The molecule has 22 heavy (non-hydrogen) atoms. The Bertz CT molecular complexity index is 695. The van der Waals surface area contributed by atoms with Crippen LogP contribution in [0, 0.1) is 19.8 Å². The van der Waals surface area contributed by atoms with Crippen molar-refractivity contribution in [3.8, 4) is 0 Å². The highest BCUT2D eigenvalue weighted by Gasteiger charge is 2.32. The Hall–Kier alpha value is -2.24. The minimum absolute atomic E-state index is 0.153. The molecule has 0 aromatic carbocycles. The van der Waals surface area contributed by atoms with Gasteiger partial charge in [0.2, 0.25) is 0 Å². The summed E-state index contributed by atoms with van der Waals surface area (Å²) in [5.74, 6) is -0.0272. The third-order valence-electron chi connectivity index (χ3n) is 4.19. The van der Waals surface area contributed by atoms with Crippen LogP contribution in [0.15, 0.2) is 12.1 Å². The van der Waals surface area contributed by atoms with Gasteiger partial charge in [0.05, 0.1) is 17.3 Å². The molecule has 0 radical (unpaired) electrons. The topological polar surface area (TPSA) is 91.8 Å². The predicted octanol–water partition coefficient (Wildman–Crippen LogP) is 2.38. The van der Waals surface area contributed by atoms with Gasteiger partial charge >= 0.3 is 5.97 Å². The van der Waals surface area contributed by atoms with Crippen LogP contribution in [0.25, 0.3) is 0 Å². The van der Waals surface area contributed by atoms with Crippen LogP contribution in [0.1, 0.15) is 53.8 Å². The van der Waals surface area contributed by atoms with Gasteiger partial charge in [-0.1, -0.05) is 0 Å². The molecule has 2 atom stereocenters. The molecule has 1 saturated carbocycles. The zero-order valence-corrected chi connectivity index (χ0v) is 12.8. The van der Waals surface area contributed by atoms with E-state index in [1.54, 1.807) is 0 Å². The number of H-pyrrole nitrogens is 1. The molecule has 2 aromatic heterocycles. The molecule has 1 fully saturated rings. The molecule has 0 aliphatic heterocycles. The van der Waals surface area contributed by atoms with Gasteiger partial charge in [0.15, 0.2) is 0 Å². The first kappa shape index (κ1) is 14.7. The van der Waals surface area contributed by atoms with Crippen molar-refractivity contribution in [3.05, 3.63) is 40.7 Å². The molecule has 0 spiro atoms. The highest BCUT2D eigenvalue weighted by Crippen LogP contribution is 2.37. The molecule has 2 N–H and O–H groups in total. The fraction of sp³-hybridized carbons (Fsp3) is 0.500. The Morgan fingerprint density at radius 2 is 2.09 bits per heavy atom. The maximum Gasteiger partial charge on any atom is 0.306 e. The third-order valence-corrected chi connectivity index (χ3v) is 4.19. The van der Waals surface area contributed by atoms with E-state index in [9.17, 15) is 4.79 Å². The SMILES string of the molecule is Cc1cc(Cc2cc(C)[nH]n2)nc(C2CCC(C(=O)O)C2)n1. The Morgan fingerprint density at radius 3 is 2.73 bits per heavy atom. The summed E-state index contributed by atoms with van der Waals surface area (Å²) in [7, 11) is 0. The van der Waals surface area contributed by atoms with E-state index < -0.39 is 5.97 Å².